The SMILES string of the molecule is CC1C[C@H](C(=O)NCCC(=O)NC(C)C)[C@H](C(=O)O)C1. The number of nitrogens with one attached hydrogen (secondary N) is 2. The predicted octanol–water partition coefficient (Wildman–Crippen LogP) is 0.764. The van der Waals surface area contributed by atoms with Gasteiger partial charge in [0.15, 0.2) is 0 Å². The molecule has 0 aromatic heterocycles. The van der Waals surface area contributed by atoms with Crippen molar-refractivity contribution < 1.29 is 19.5 Å². The van der Waals surface area contributed by atoms with Crippen molar-refractivity contribution in [3.63, 3.8) is 0 Å². The van der Waals surface area contributed by atoms with Gasteiger partial charge in [0.2, 0.25) is 11.8 Å². The molecule has 114 valence electrons. The fraction of sp³-hybridized carbons (Fsp3) is 0.786. The van der Waals surface area contributed by atoms with Crippen LogP contribution in [-0.2, 0) is 14.4 Å². The van der Waals surface area contributed by atoms with Gasteiger partial charge in [0.1, 0.15) is 0 Å². The van der Waals surface area contributed by atoms with Gasteiger partial charge in [-0.3, -0.25) is 14.4 Å². The van der Waals surface area contributed by atoms with Gasteiger partial charge in [-0.2, -0.15) is 0 Å². The van der Waals surface area contributed by atoms with Crippen LogP contribution in [0.2, 0.25) is 0 Å². The van der Waals surface area contributed by atoms with Gasteiger partial charge in [0.05, 0.1) is 11.8 Å². The van der Waals surface area contributed by atoms with Gasteiger partial charge in [0, 0.05) is 19.0 Å². The second kappa shape index (κ2) is 7.26. The summed E-state index contributed by atoms with van der Waals surface area (Å²) in [5, 5.41) is 14.5. The zero-order valence-corrected chi connectivity index (χ0v) is 12.3. The Labute approximate surface area is 119 Å². The molecule has 0 bridgehead atoms. The molecule has 0 radical (unpaired) electrons. The van der Waals surface area contributed by atoms with Crippen LogP contribution in [0, 0.1) is 17.8 Å². The number of carbonyl (C=O) groups is 3. The summed E-state index contributed by atoms with van der Waals surface area (Å²) in [7, 11) is 0. The Balaban J connectivity index is 2.39. The van der Waals surface area contributed by atoms with E-state index in [0.29, 0.717) is 12.8 Å². The lowest BCUT2D eigenvalue weighted by Gasteiger charge is -2.15. The fourth-order valence-electron chi connectivity index (χ4n) is 2.68. The first-order valence-corrected chi connectivity index (χ1v) is 7.11. The number of carboxylic acids is 1. The average molecular weight is 284 g/mol. The van der Waals surface area contributed by atoms with Crippen molar-refractivity contribution in [2.45, 2.75) is 46.1 Å². The molecule has 1 aliphatic carbocycles. The topological polar surface area (TPSA) is 95.5 Å². The van der Waals surface area contributed by atoms with Crippen molar-refractivity contribution in [1.82, 2.24) is 10.6 Å². The van der Waals surface area contributed by atoms with Gasteiger partial charge in [-0.1, -0.05) is 6.92 Å². The largest absolute Gasteiger partial charge is 0.481 e. The summed E-state index contributed by atoms with van der Waals surface area (Å²) in [6, 6.07) is 0.0743. The van der Waals surface area contributed by atoms with E-state index in [4.69, 9.17) is 5.11 Å². The molecule has 0 spiro atoms. The summed E-state index contributed by atoms with van der Waals surface area (Å²) in [6.45, 7) is 5.94. The Morgan fingerprint density at radius 3 is 2.35 bits per heavy atom. The summed E-state index contributed by atoms with van der Waals surface area (Å²) in [4.78, 5) is 34.5. The van der Waals surface area contributed by atoms with E-state index < -0.39 is 17.8 Å². The van der Waals surface area contributed by atoms with Crippen LogP contribution < -0.4 is 10.6 Å². The fourth-order valence-corrected chi connectivity index (χ4v) is 2.68. The van der Waals surface area contributed by atoms with Gasteiger partial charge in [-0.25, -0.2) is 0 Å². The monoisotopic (exact) mass is 284 g/mol. The van der Waals surface area contributed by atoms with Gasteiger partial charge < -0.3 is 15.7 Å². The second-order valence-electron chi connectivity index (χ2n) is 5.89. The van der Waals surface area contributed by atoms with Crippen molar-refractivity contribution >= 4 is 17.8 Å². The third kappa shape index (κ3) is 4.83. The van der Waals surface area contributed by atoms with E-state index in [1.54, 1.807) is 0 Å². The van der Waals surface area contributed by atoms with Crippen molar-refractivity contribution in [2.24, 2.45) is 17.8 Å². The van der Waals surface area contributed by atoms with E-state index in [1.165, 1.54) is 0 Å². The molecule has 1 saturated carbocycles. The highest BCUT2D eigenvalue weighted by Gasteiger charge is 2.40. The summed E-state index contributed by atoms with van der Waals surface area (Å²) in [5.74, 6) is -2.11. The van der Waals surface area contributed by atoms with Crippen LogP contribution in [0.5, 0.6) is 0 Å². The molecule has 0 saturated heterocycles. The van der Waals surface area contributed by atoms with E-state index in [1.807, 2.05) is 20.8 Å². The van der Waals surface area contributed by atoms with E-state index in [0.717, 1.165) is 0 Å². The lowest BCUT2D eigenvalue weighted by molar-refractivity contribution is -0.146. The first-order chi connectivity index (χ1) is 9.31. The molecule has 1 fully saturated rings. The highest BCUT2D eigenvalue weighted by atomic mass is 16.4. The lowest BCUT2D eigenvalue weighted by Crippen LogP contribution is -2.38. The van der Waals surface area contributed by atoms with E-state index >= 15 is 0 Å². The number of aliphatic carboxylic acids is 1. The molecule has 0 heterocycles. The first kappa shape index (κ1) is 16.5. The van der Waals surface area contributed by atoms with Crippen molar-refractivity contribution in [3.8, 4) is 0 Å². The van der Waals surface area contributed by atoms with E-state index in [2.05, 4.69) is 10.6 Å². The average Bonchev–Trinajstić information content (AvgIpc) is 2.70. The Morgan fingerprint density at radius 1 is 1.20 bits per heavy atom. The van der Waals surface area contributed by atoms with Crippen LogP contribution >= 0.6 is 0 Å². The molecule has 6 heteroatoms. The molecule has 0 aromatic rings. The summed E-state index contributed by atoms with van der Waals surface area (Å²) in [5.41, 5.74) is 0. The number of hydrogen-bond acceptors (Lipinski definition) is 3. The summed E-state index contributed by atoms with van der Waals surface area (Å²) >= 11 is 0. The molecule has 6 nitrogen and oxygen atoms in total. The van der Waals surface area contributed by atoms with Crippen LogP contribution in [0.25, 0.3) is 0 Å². The molecular weight excluding hydrogens is 260 g/mol. The molecule has 3 N–H and O–H groups in total. The third-order valence-electron chi connectivity index (χ3n) is 3.55. The van der Waals surface area contributed by atoms with E-state index in [-0.39, 0.29) is 36.7 Å². The Hall–Kier alpha value is -1.59. The second-order valence-corrected chi connectivity index (χ2v) is 5.89. The molecule has 2 amide bonds. The number of rotatable bonds is 6. The van der Waals surface area contributed by atoms with E-state index in [9.17, 15) is 14.4 Å². The Kier molecular flexibility index (Phi) is 5.98. The smallest absolute Gasteiger partial charge is 0.307 e. The Bertz CT molecular complexity index is 381. The minimum Gasteiger partial charge on any atom is -0.481 e. The third-order valence-corrected chi connectivity index (χ3v) is 3.55. The first-order valence-electron chi connectivity index (χ1n) is 7.11. The predicted molar refractivity (Wildman–Crippen MR) is 73.9 cm³/mol. The molecule has 1 rings (SSSR count). The van der Waals surface area contributed by atoms with Gasteiger partial charge >= 0.3 is 5.97 Å². The zero-order valence-electron chi connectivity index (χ0n) is 12.3. The minimum atomic E-state index is -0.910. The van der Waals surface area contributed by atoms with Gasteiger partial charge in [-0.05, 0) is 32.6 Å². The molecule has 0 aromatic carbocycles. The van der Waals surface area contributed by atoms with Crippen LogP contribution in [0.3, 0.4) is 0 Å². The van der Waals surface area contributed by atoms with Crippen LogP contribution in [-0.4, -0.2) is 35.5 Å². The maximum Gasteiger partial charge on any atom is 0.307 e. The van der Waals surface area contributed by atoms with Gasteiger partial charge in [-0.15, -0.1) is 0 Å². The molecule has 0 aliphatic heterocycles. The molecule has 3 atom stereocenters. The molecular formula is C14H24N2O4. The number of carbonyl (C=O) groups excluding carboxylic acids is 2. The highest BCUT2D eigenvalue weighted by Crippen LogP contribution is 2.36. The molecule has 1 aliphatic rings. The van der Waals surface area contributed by atoms with Gasteiger partial charge in [0.25, 0.3) is 0 Å². The molecule has 1 unspecified atom stereocenters. The van der Waals surface area contributed by atoms with Crippen LogP contribution in [0.4, 0.5) is 0 Å². The minimum absolute atomic E-state index is 0.0743. The number of amides is 2. The van der Waals surface area contributed by atoms with Crippen molar-refractivity contribution in [3.05, 3.63) is 0 Å². The standard InChI is InChI=1S/C14H24N2O4/c1-8(2)16-12(17)4-5-15-13(18)10-6-9(3)7-11(10)14(19)20/h8-11H,4-7H2,1-3H3,(H,15,18)(H,16,17)(H,19,20)/t9?,10-,11+/m0/s1. The zero-order chi connectivity index (χ0) is 15.3. The number of hydrogen-bond donors (Lipinski definition) is 3. The summed E-state index contributed by atoms with van der Waals surface area (Å²) < 4.78 is 0. The maximum atomic E-state index is 12.0. The maximum absolute atomic E-state index is 12.0. The number of carboxylic acid groups (broad SMARTS) is 1. The van der Waals surface area contributed by atoms with Crippen LogP contribution in [0.1, 0.15) is 40.0 Å². The highest BCUT2D eigenvalue weighted by molar-refractivity contribution is 5.85. The normalized spacial score (nSPS) is 25.5. The van der Waals surface area contributed by atoms with Crippen LogP contribution in [0.15, 0.2) is 0 Å². The lowest BCUT2D eigenvalue weighted by atomic mass is 9.95. The Morgan fingerprint density at radius 2 is 1.80 bits per heavy atom. The quantitative estimate of drug-likeness (QED) is 0.671. The van der Waals surface area contributed by atoms with Crippen molar-refractivity contribution in [2.75, 3.05) is 6.54 Å². The van der Waals surface area contributed by atoms with Crippen molar-refractivity contribution in [1.29, 1.82) is 0 Å². The summed E-state index contributed by atoms with van der Waals surface area (Å²) in [6.07, 6.45) is 1.35. The molecule has 20 heavy (non-hydrogen) atoms.